The third-order valence-electron chi connectivity index (χ3n) is 7.86. The first-order valence-electron chi connectivity index (χ1n) is 9.75. The number of hydrogen-bond donors (Lipinski definition) is 4. The highest BCUT2D eigenvalue weighted by Gasteiger charge is 2.81. The number of carboxylic acid groups (broad SMARTS) is 1. The standard InChI is InChI=1S/C20H23NO6/c22-12-4-3-11-7-13-20(26)9-19(25,17(23)24)16-18(20,14(11)15(12)27-16)5-6-21(13)8-10-1-2-10/h3-4,10,13,16,22,25-26H,1-2,5-9H2,(H,23,24). The number of aromatic hydroxyl groups is 1. The molecule has 0 aromatic heterocycles. The Balaban J connectivity index is 1.60. The Labute approximate surface area is 156 Å². The third kappa shape index (κ3) is 1.64. The lowest BCUT2D eigenvalue weighted by Gasteiger charge is -2.57. The maximum atomic E-state index is 12.1. The minimum atomic E-state index is -2.18. The molecule has 1 saturated heterocycles. The number of carboxylic acids is 1. The zero-order valence-corrected chi connectivity index (χ0v) is 14.9. The number of likely N-dealkylation sites (tertiary alicyclic amines) is 1. The van der Waals surface area contributed by atoms with Gasteiger partial charge in [0.25, 0.3) is 0 Å². The number of phenols is 1. The van der Waals surface area contributed by atoms with Gasteiger partial charge in [0.05, 0.1) is 11.0 Å². The highest BCUT2D eigenvalue weighted by molar-refractivity contribution is 5.82. The summed E-state index contributed by atoms with van der Waals surface area (Å²) >= 11 is 0. The number of aliphatic hydroxyl groups is 2. The van der Waals surface area contributed by atoms with E-state index < -0.39 is 28.7 Å². The Morgan fingerprint density at radius 3 is 2.78 bits per heavy atom. The predicted octanol–water partition coefficient (Wildman–Crippen LogP) is 0.382. The first-order chi connectivity index (χ1) is 12.8. The second-order valence-corrected chi connectivity index (χ2v) is 9.16. The van der Waals surface area contributed by atoms with Gasteiger partial charge in [-0.2, -0.15) is 0 Å². The summed E-state index contributed by atoms with van der Waals surface area (Å²) in [5, 5.41) is 43.3. The molecule has 1 aromatic carbocycles. The van der Waals surface area contributed by atoms with E-state index in [0.717, 1.165) is 24.2 Å². The zero-order valence-electron chi connectivity index (χ0n) is 14.9. The predicted molar refractivity (Wildman–Crippen MR) is 92.8 cm³/mol. The number of hydrogen-bond acceptors (Lipinski definition) is 6. The molecule has 3 fully saturated rings. The average molecular weight is 373 g/mol. The summed E-state index contributed by atoms with van der Waals surface area (Å²) in [6, 6.07) is 3.17. The van der Waals surface area contributed by atoms with Crippen molar-refractivity contribution in [3.05, 3.63) is 23.3 Å². The van der Waals surface area contributed by atoms with Crippen LogP contribution in [0.3, 0.4) is 0 Å². The molecule has 7 heteroatoms. The van der Waals surface area contributed by atoms with E-state index >= 15 is 0 Å². The molecule has 27 heavy (non-hydrogen) atoms. The summed E-state index contributed by atoms with van der Waals surface area (Å²) < 4.78 is 5.94. The fourth-order valence-corrected chi connectivity index (χ4v) is 6.56. The molecular formula is C20H23NO6. The van der Waals surface area contributed by atoms with Crippen LogP contribution in [0, 0.1) is 5.92 Å². The maximum absolute atomic E-state index is 12.1. The van der Waals surface area contributed by atoms with Crippen LogP contribution in [0.5, 0.6) is 11.5 Å². The van der Waals surface area contributed by atoms with Crippen molar-refractivity contribution in [2.75, 3.05) is 13.1 Å². The second kappa shape index (κ2) is 4.59. The lowest BCUT2D eigenvalue weighted by molar-refractivity contribution is -0.167. The number of aliphatic carboxylic acids is 1. The van der Waals surface area contributed by atoms with Gasteiger partial charge in [0, 0.05) is 24.6 Å². The molecule has 5 aliphatic rings. The van der Waals surface area contributed by atoms with Gasteiger partial charge in [0.1, 0.15) is 0 Å². The Bertz CT molecular complexity index is 883. The first-order valence-corrected chi connectivity index (χ1v) is 9.75. The van der Waals surface area contributed by atoms with E-state index in [1.807, 2.05) is 6.07 Å². The van der Waals surface area contributed by atoms with Crippen molar-refractivity contribution < 1.29 is 30.0 Å². The summed E-state index contributed by atoms with van der Waals surface area (Å²) in [4.78, 5) is 14.4. The molecule has 7 nitrogen and oxygen atoms in total. The van der Waals surface area contributed by atoms with E-state index in [-0.39, 0.29) is 24.0 Å². The van der Waals surface area contributed by atoms with Crippen molar-refractivity contribution in [2.24, 2.45) is 5.92 Å². The van der Waals surface area contributed by atoms with E-state index in [2.05, 4.69) is 4.90 Å². The average Bonchev–Trinajstić information content (AvgIpc) is 3.29. The van der Waals surface area contributed by atoms with Crippen LogP contribution in [-0.2, 0) is 16.6 Å². The van der Waals surface area contributed by atoms with Gasteiger partial charge >= 0.3 is 5.97 Å². The van der Waals surface area contributed by atoms with Crippen molar-refractivity contribution in [1.82, 2.24) is 4.90 Å². The fraction of sp³-hybridized carbons (Fsp3) is 0.650. The Hall–Kier alpha value is -1.83. The van der Waals surface area contributed by atoms with Crippen molar-refractivity contribution in [3.63, 3.8) is 0 Å². The van der Waals surface area contributed by atoms with Crippen LogP contribution in [-0.4, -0.2) is 67.7 Å². The van der Waals surface area contributed by atoms with Gasteiger partial charge < -0.3 is 25.2 Å². The van der Waals surface area contributed by atoms with Crippen molar-refractivity contribution >= 4 is 5.97 Å². The SMILES string of the molecule is O=C(O)C1(O)CC2(O)C3Cc4ccc(O)c5c4C2(CCN3CC2CC2)C1O5. The van der Waals surface area contributed by atoms with Crippen LogP contribution in [0.4, 0.5) is 0 Å². The molecular weight excluding hydrogens is 350 g/mol. The van der Waals surface area contributed by atoms with Gasteiger partial charge in [-0.1, -0.05) is 6.07 Å². The number of ether oxygens (including phenoxy) is 1. The maximum Gasteiger partial charge on any atom is 0.339 e. The number of carbonyl (C=O) groups is 1. The molecule has 144 valence electrons. The smallest absolute Gasteiger partial charge is 0.339 e. The van der Waals surface area contributed by atoms with E-state index in [1.165, 1.54) is 12.8 Å². The third-order valence-corrected chi connectivity index (χ3v) is 7.86. The molecule has 5 unspecified atom stereocenters. The Kier molecular flexibility index (Phi) is 2.75. The van der Waals surface area contributed by atoms with E-state index in [0.29, 0.717) is 18.8 Å². The normalized spacial score (nSPS) is 44.1. The van der Waals surface area contributed by atoms with Crippen molar-refractivity contribution in [3.8, 4) is 11.5 Å². The summed E-state index contributed by atoms with van der Waals surface area (Å²) in [5.74, 6) is -0.552. The highest BCUT2D eigenvalue weighted by atomic mass is 16.5. The van der Waals surface area contributed by atoms with Gasteiger partial charge in [-0.3, -0.25) is 4.90 Å². The van der Waals surface area contributed by atoms with E-state index in [4.69, 9.17) is 4.74 Å². The molecule has 1 aromatic rings. The quantitative estimate of drug-likeness (QED) is 0.606. The van der Waals surface area contributed by atoms with Crippen LogP contribution >= 0.6 is 0 Å². The van der Waals surface area contributed by atoms with Crippen LogP contribution in [0.1, 0.15) is 36.8 Å². The molecule has 5 atom stereocenters. The summed E-state index contributed by atoms with van der Waals surface area (Å²) in [7, 11) is 0. The molecule has 1 spiro atoms. The van der Waals surface area contributed by atoms with Crippen LogP contribution in [0.15, 0.2) is 12.1 Å². The number of piperidine rings is 1. The number of rotatable bonds is 3. The zero-order chi connectivity index (χ0) is 18.8. The van der Waals surface area contributed by atoms with Gasteiger partial charge in [-0.25, -0.2) is 4.79 Å². The topological polar surface area (TPSA) is 110 Å². The van der Waals surface area contributed by atoms with E-state index in [9.17, 15) is 25.2 Å². The number of nitrogens with zero attached hydrogens (tertiary/aromatic N) is 1. The Morgan fingerprint density at radius 2 is 2.07 bits per heavy atom. The van der Waals surface area contributed by atoms with Crippen molar-refractivity contribution in [2.45, 2.75) is 60.9 Å². The molecule has 0 radical (unpaired) electrons. The van der Waals surface area contributed by atoms with Gasteiger partial charge in [0.15, 0.2) is 17.6 Å². The van der Waals surface area contributed by atoms with Gasteiger partial charge in [0.2, 0.25) is 5.60 Å². The molecule has 0 amide bonds. The Morgan fingerprint density at radius 1 is 1.30 bits per heavy atom. The summed E-state index contributed by atoms with van der Waals surface area (Å²) in [5.41, 5.74) is -2.88. The van der Waals surface area contributed by atoms with Gasteiger partial charge in [-0.05, 0) is 49.8 Å². The molecule has 2 heterocycles. The van der Waals surface area contributed by atoms with Crippen LogP contribution in [0.2, 0.25) is 0 Å². The van der Waals surface area contributed by atoms with Crippen LogP contribution in [0.25, 0.3) is 0 Å². The molecule has 2 saturated carbocycles. The fourth-order valence-electron chi connectivity index (χ4n) is 6.56. The summed E-state index contributed by atoms with van der Waals surface area (Å²) in [6.45, 7) is 1.63. The molecule has 6 rings (SSSR count). The van der Waals surface area contributed by atoms with Gasteiger partial charge in [-0.15, -0.1) is 0 Å². The molecule has 2 aliphatic heterocycles. The first kappa shape index (κ1) is 16.2. The number of phenolic OH excluding ortho intramolecular Hbond substituents is 1. The van der Waals surface area contributed by atoms with E-state index in [1.54, 1.807) is 6.07 Å². The van der Waals surface area contributed by atoms with Crippen LogP contribution < -0.4 is 4.74 Å². The molecule has 2 bridgehead atoms. The summed E-state index contributed by atoms with van der Waals surface area (Å²) in [6.07, 6.45) is 2.13. The lowest BCUT2D eigenvalue weighted by atomic mass is 9.56. The van der Waals surface area contributed by atoms with Crippen molar-refractivity contribution in [1.29, 1.82) is 0 Å². The highest BCUT2D eigenvalue weighted by Crippen LogP contribution is 2.69. The second-order valence-electron chi connectivity index (χ2n) is 9.16. The number of benzene rings is 1. The monoisotopic (exact) mass is 373 g/mol. The molecule has 3 aliphatic carbocycles. The minimum Gasteiger partial charge on any atom is -0.504 e. The minimum absolute atomic E-state index is 0.0635. The largest absolute Gasteiger partial charge is 0.504 e. The molecule has 4 N–H and O–H groups in total. The lowest BCUT2D eigenvalue weighted by Crippen LogP contribution is -2.71.